The summed E-state index contributed by atoms with van der Waals surface area (Å²) in [7, 11) is -2.44. The summed E-state index contributed by atoms with van der Waals surface area (Å²) in [5.41, 5.74) is 0.858. The molecule has 152 valence electrons. The average Bonchev–Trinajstić information content (AvgIpc) is 3.18. The third-order valence-corrected chi connectivity index (χ3v) is 6.38. The van der Waals surface area contributed by atoms with E-state index in [1.165, 1.54) is 36.6 Å². The van der Waals surface area contributed by atoms with Crippen molar-refractivity contribution in [2.45, 2.75) is 30.4 Å². The Balaban J connectivity index is 1.48. The molecule has 0 radical (unpaired) electrons. The van der Waals surface area contributed by atoms with Gasteiger partial charge >= 0.3 is 5.97 Å². The van der Waals surface area contributed by atoms with E-state index in [1.807, 2.05) is 16.8 Å². The molecular formula is C18H17N3O6S2. The van der Waals surface area contributed by atoms with Crippen LogP contribution in [0.25, 0.3) is 11.5 Å². The first kappa shape index (κ1) is 19.6. The maximum atomic E-state index is 12.6. The van der Waals surface area contributed by atoms with Crippen LogP contribution in [-0.4, -0.2) is 37.7 Å². The number of benzene rings is 1. The number of carbonyl (C=O) groups is 1. The first-order chi connectivity index (χ1) is 14.0. The lowest BCUT2D eigenvalue weighted by Crippen LogP contribution is -2.26. The Kier molecular flexibility index (Phi) is 5.35. The molecule has 1 fully saturated rings. The first-order valence-corrected chi connectivity index (χ1v) is 11.1. The van der Waals surface area contributed by atoms with Gasteiger partial charge in [0.05, 0.1) is 18.2 Å². The molecule has 0 aliphatic heterocycles. The van der Waals surface area contributed by atoms with Crippen LogP contribution in [0.1, 0.15) is 29.0 Å². The summed E-state index contributed by atoms with van der Waals surface area (Å²) < 4.78 is 43.2. The lowest BCUT2D eigenvalue weighted by Gasteiger charge is -2.11. The maximum Gasteiger partial charge on any atom is 0.338 e. The molecule has 3 aromatic rings. The summed E-state index contributed by atoms with van der Waals surface area (Å²) in [5.74, 6) is -0.0248. The minimum atomic E-state index is -3.81. The van der Waals surface area contributed by atoms with Crippen LogP contribution in [0.15, 0.2) is 44.4 Å². The molecule has 1 aliphatic rings. The van der Waals surface area contributed by atoms with E-state index >= 15 is 0 Å². The van der Waals surface area contributed by atoms with Crippen LogP contribution >= 0.6 is 11.3 Å². The molecule has 11 heteroatoms. The minimum absolute atomic E-state index is 0.0727. The van der Waals surface area contributed by atoms with Gasteiger partial charge in [-0.3, -0.25) is 0 Å². The van der Waals surface area contributed by atoms with E-state index in [-0.39, 0.29) is 34.7 Å². The number of sulfonamides is 1. The van der Waals surface area contributed by atoms with E-state index in [9.17, 15) is 13.2 Å². The summed E-state index contributed by atoms with van der Waals surface area (Å²) in [4.78, 5) is 16.5. The van der Waals surface area contributed by atoms with Crippen LogP contribution in [-0.2, 0) is 21.4 Å². The number of methoxy groups -OCH3 is 1. The Hall–Kier alpha value is -2.76. The predicted octanol–water partition coefficient (Wildman–Crippen LogP) is 2.60. The van der Waals surface area contributed by atoms with E-state index in [0.29, 0.717) is 5.89 Å². The Morgan fingerprint density at radius 3 is 2.86 bits per heavy atom. The molecule has 1 saturated carbocycles. The Morgan fingerprint density at radius 2 is 2.17 bits per heavy atom. The molecule has 1 aromatic carbocycles. The fourth-order valence-corrected chi connectivity index (χ4v) is 4.66. The zero-order valence-corrected chi connectivity index (χ0v) is 17.0. The number of rotatable bonds is 8. The van der Waals surface area contributed by atoms with Crippen molar-refractivity contribution < 1.29 is 27.2 Å². The number of hydrogen-bond donors (Lipinski definition) is 1. The van der Waals surface area contributed by atoms with Crippen molar-refractivity contribution in [3.05, 3.63) is 46.4 Å². The standard InChI is InChI=1S/C18H17N3O6S2/c1-25-14-5-2-11(8-15(14)29(23,24)21-13-3-4-13)18(22)26-9-16-19-17(27-20-16)12-6-7-28-10-12/h2,5-8,10,13,21H,3-4,9H2,1H3. The van der Waals surface area contributed by atoms with E-state index in [4.69, 9.17) is 14.0 Å². The third-order valence-electron chi connectivity index (χ3n) is 4.16. The molecule has 0 amide bonds. The maximum absolute atomic E-state index is 12.6. The van der Waals surface area contributed by atoms with Gasteiger partial charge in [-0.15, -0.1) is 0 Å². The summed E-state index contributed by atoms with van der Waals surface area (Å²) in [6.07, 6.45) is 1.59. The van der Waals surface area contributed by atoms with Crippen molar-refractivity contribution in [2.24, 2.45) is 0 Å². The molecule has 4 rings (SSSR count). The molecule has 0 unspecified atom stereocenters. The molecule has 1 N–H and O–H groups in total. The monoisotopic (exact) mass is 435 g/mol. The summed E-state index contributed by atoms with van der Waals surface area (Å²) >= 11 is 1.50. The first-order valence-electron chi connectivity index (χ1n) is 8.69. The second-order valence-electron chi connectivity index (χ2n) is 6.37. The molecular weight excluding hydrogens is 418 g/mol. The van der Waals surface area contributed by atoms with Crippen molar-refractivity contribution in [1.29, 1.82) is 0 Å². The quantitative estimate of drug-likeness (QED) is 0.536. The number of esters is 1. The van der Waals surface area contributed by atoms with Crippen molar-refractivity contribution >= 4 is 27.3 Å². The van der Waals surface area contributed by atoms with Crippen LogP contribution in [0.5, 0.6) is 5.75 Å². The van der Waals surface area contributed by atoms with Gasteiger partial charge in [-0.1, -0.05) is 5.16 Å². The number of nitrogens with one attached hydrogen (secondary N) is 1. The Labute approximate surface area is 170 Å². The van der Waals surface area contributed by atoms with Gasteiger partial charge in [0.2, 0.25) is 15.8 Å². The van der Waals surface area contributed by atoms with Crippen LogP contribution in [0.3, 0.4) is 0 Å². The van der Waals surface area contributed by atoms with Gasteiger partial charge in [0.1, 0.15) is 10.6 Å². The third kappa shape index (κ3) is 4.47. The van der Waals surface area contributed by atoms with Crippen molar-refractivity contribution in [3.63, 3.8) is 0 Å². The molecule has 0 bridgehead atoms. The van der Waals surface area contributed by atoms with Gasteiger partial charge in [0.25, 0.3) is 5.89 Å². The van der Waals surface area contributed by atoms with Gasteiger partial charge in [-0.25, -0.2) is 17.9 Å². The van der Waals surface area contributed by atoms with Crippen LogP contribution in [0, 0.1) is 0 Å². The number of ether oxygens (including phenoxy) is 2. The van der Waals surface area contributed by atoms with E-state index in [1.54, 1.807) is 0 Å². The molecule has 29 heavy (non-hydrogen) atoms. The zero-order valence-electron chi connectivity index (χ0n) is 15.3. The molecule has 0 saturated heterocycles. The summed E-state index contributed by atoms with van der Waals surface area (Å²) in [6, 6.07) is 5.85. The number of aromatic nitrogens is 2. The van der Waals surface area contributed by atoms with Crippen LogP contribution in [0.4, 0.5) is 0 Å². The van der Waals surface area contributed by atoms with Crippen molar-refractivity contribution in [2.75, 3.05) is 7.11 Å². The fraction of sp³-hybridized carbons (Fsp3) is 0.278. The molecule has 9 nitrogen and oxygen atoms in total. The second-order valence-corrected chi connectivity index (χ2v) is 8.83. The second kappa shape index (κ2) is 7.93. The predicted molar refractivity (Wildman–Crippen MR) is 103 cm³/mol. The smallest absolute Gasteiger partial charge is 0.338 e. The Morgan fingerprint density at radius 1 is 1.34 bits per heavy atom. The highest BCUT2D eigenvalue weighted by Gasteiger charge is 2.30. The van der Waals surface area contributed by atoms with Crippen LogP contribution in [0.2, 0.25) is 0 Å². The van der Waals surface area contributed by atoms with Crippen molar-refractivity contribution in [3.8, 4) is 17.2 Å². The summed E-state index contributed by atoms with van der Waals surface area (Å²) in [5, 5.41) is 7.52. The van der Waals surface area contributed by atoms with Gasteiger partial charge in [-0.05, 0) is 42.5 Å². The lowest BCUT2D eigenvalue weighted by atomic mass is 10.2. The van der Waals surface area contributed by atoms with Crippen molar-refractivity contribution in [1.82, 2.24) is 14.9 Å². The summed E-state index contributed by atoms with van der Waals surface area (Å²) in [6.45, 7) is -0.207. The topological polar surface area (TPSA) is 121 Å². The number of nitrogens with zero attached hydrogens (tertiary/aromatic N) is 2. The minimum Gasteiger partial charge on any atom is -0.495 e. The number of carbonyl (C=O) groups excluding carboxylic acids is 1. The van der Waals surface area contributed by atoms with E-state index in [0.717, 1.165) is 18.4 Å². The van der Waals surface area contributed by atoms with Gasteiger partial charge < -0.3 is 14.0 Å². The number of hydrogen-bond acceptors (Lipinski definition) is 9. The number of thiophene rings is 1. The van der Waals surface area contributed by atoms with Gasteiger partial charge in [0.15, 0.2) is 6.61 Å². The van der Waals surface area contributed by atoms with E-state index in [2.05, 4.69) is 14.9 Å². The zero-order chi connectivity index (χ0) is 20.4. The van der Waals surface area contributed by atoms with Crippen LogP contribution < -0.4 is 9.46 Å². The fourth-order valence-electron chi connectivity index (χ4n) is 2.53. The van der Waals surface area contributed by atoms with Gasteiger partial charge in [-0.2, -0.15) is 16.3 Å². The largest absolute Gasteiger partial charge is 0.495 e. The normalized spacial score (nSPS) is 14.0. The molecule has 2 aromatic heterocycles. The van der Waals surface area contributed by atoms with E-state index < -0.39 is 16.0 Å². The molecule has 1 aliphatic carbocycles. The average molecular weight is 435 g/mol. The lowest BCUT2D eigenvalue weighted by molar-refractivity contribution is 0.0459. The molecule has 0 spiro atoms. The highest BCUT2D eigenvalue weighted by molar-refractivity contribution is 7.89. The highest BCUT2D eigenvalue weighted by Crippen LogP contribution is 2.28. The molecule has 0 atom stereocenters. The van der Waals surface area contributed by atoms with Gasteiger partial charge in [0, 0.05) is 11.4 Å². The Bertz CT molecular complexity index is 1120. The molecule has 2 heterocycles. The SMILES string of the molecule is COc1ccc(C(=O)OCc2noc(-c3ccsc3)n2)cc1S(=O)(=O)NC1CC1. The highest BCUT2D eigenvalue weighted by atomic mass is 32.2.